The third kappa shape index (κ3) is 2.00. The summed E-state index contributed by atoms with van der Waals surface area (Å²) < 4.78 is 0. The second kappa shape index (κ2) is 4.78. The largest absolute Gasteiger partial charge is 0.0649 e. The number of hydrogen-bond acceptors (Lipinski definition) is 0. The van der Waals surface area contributed by atoms with Crippen LogP contribution in [-0.2, 0) is 0 Å². The lowest BCUT2D eigenvalue weighted by molar-refractivity contribution is -0.108. The molecule has 6 atom stereocenters. The van der Waals surface area contributed by atoms with E-state index < -0.39 is 0 Å². The molecule has 110 valence electrons. The first kappa shape index (κ1) is 14.0. The molecule has 0 aromatic carbocycles. The third-order valence-electron chi connectivity index (χ3n) is 8.24. The van der Waals surface area contributed by atoms with E-state index in [9.17, 15) is 0 Å². The van der Waals surface area contributed by atoms with E-state index in [4.69, 9.17) is 0 Å². The van der Waals surface area contributed by atoms with Crippen LogP contribution in [0.15, 0.2) is 0 Å². The van der Waals surface area contributed by atoms with Crippen molar-refractivity contribution in [3.63, 3.8) is 0 Å². The van der Waals surface area contributed by atoms with Crippen LogP contribution >= 0.6 is 0 Å². The highest BCUT2D eigenvalue weighted by Crippen LogP contribution is 2.63. The fourth-order valence-electron chi connectivity index (χ4n) is 6.35. The van der Waals surface area contributed by atoms with Gasteiger partial charge in [-0.3, -0.25) is 0 Å². The molecule has 0 nitrogen and oxygen atoms in total. The molecule has 3 rings (SSSR count). The Hall–Kier alpha value is 0. The first-order valence-corrected chi connectivity index (χ1v) is 9.01. The quantitative estimate of drug-likeness (QED) is 0.539. The molecule has 0 saturated heterocycles. The van der Waals surface area contributed by atoms with Crippen LogP contribution in [0.3, 0.4) is 0 Å². The fourth-order valence-corrected chi connectivity index (χ4v) is 6.35. The minimum Gasteiger partial charge on any atom is -0.0649 e. The van der Waals surface area contributed by atoms with Gasteiger partial charge in [0.25, 0.3) is 0 Å². The van der Waals surface area contributed by atoms with Gasteiger partial charge in [-0.25, -0.2) is 0 Å². The van der Waals surface area contributed by atoms with Crippen molar-refractivity contribution in [1.82, 2.24) is 0 Å². The van der Waals surface area contributed by atoms with E-state index in [1.165, 1.54) is 38.5 Å². The van der Waals surface area contributed by atoms with Crippen LogP contribution in [0.2, 0.25) is 0 Å². The van der Waals surface area contributed by atoms with Crippen molar-refractivity contribution >= 4 is 0 Å². The second-order valence-corrected chi connectivity index (χ2v) is 8.63. The molecular formula is C19H34. The molecule has 19 heavy (non-hydrogen) atoms. The SMILES string of the molecule is CCC1(C)CCC2C(CCC3CCCCC32C)C1C. The Morgan fingerprint density at radius 3 is 2.47 bits per heavy atom. The topological polar surface area (TPSA) is 0 Å². The van der Waals surface area contributed by atoms with Gasteiger partial charge in [0.2, 0.25) is 0 Å². The summed E-state index contributed by atoms with van der Waals surface area (Å²) in [5.41, 5.74) is 1.35. The van der Waals surface area contributed by atoms with Gasteiger partial charge in [0.15, 0.2) is 0 Å². The zero-order valence-corrected chi connectivity index (χ0v) is 13.7. The molecule has 3 saturated carbocycles. The highest BCUT2D eigenvalue weighted by atomic mass is 14.6. The van der Waals surface area contributed by atoms with Gasteiger partial charge in [-0.1, -0.05) is 47.0 Å². The van der Waals surface area contributed by atoms with Gasteiger partial charge in [0, 0.05) is 0 Å². The number of rotatable bonds is 1. The van der Waals surface area contributed by atoms with Crippen molar-refractivity contribution in [1.29, 1.82) is 0 Å². The molecule has 0 aliphatic heterocycles. The molecule has 3 aliphatic rings. The highest BCUT2D eigenvalue weighted by molar-refractivity contribution is 5.03. The lowest BCUT2D eigenvalue weighted by Gasteiger charge is -2.60. The minimum absolute atomic E-state index is 0.638. The average Bonchev–Trinajstić information content (AvgIpc) is 2.42. The summed E-state index contributed by atoms with van der Waals surface area (Å²) in [4.78, 5) is 0. The number of hydrogen-bond donors (Lipinski definition) is 0. The lowest BCUT2D eigenvalue weighted by atomic mass is 9.45. The summed E-state index contributed by atoms with van der Waals surface area (Å²) in [6.07, 6.45) is 13.6. The Morgan fingerprint density at radius 2 is 1.74 bits per heavy atom. The maximum atomic E-state index is 2.68. The molecule has 0 aromatic rings. The van der Waals surface area contributed by atoms with Gasteiger partial charge in [-0.05, 0) is 73.0 Å². The Kier molecular flexibility index (Phi) is 3.51. The molecule has 3 fully saturated rings. The molecular weight excluding hydrogens is 228 g/mol. The van der Waals surface area contributed by atoms with Gasteiger partial charge < -0.3 is 0 Å². The van der Waals surface area contributed by atoms with E-state index in [-0.39, 0.29) is 0 Å². The Morgan fingerprint density at radius 1 is 0.947 bits per heavy atom. The molecule has 0 radical (unpaired) electrons. The maximum Gasteiger partial charge on any atom is -0.0266 e. The van der Waals surface area contributed by atoms with Crippen molar-refractivity contribution in [2.75, 3.05) is 0 Å². The van der Waals surface area contributed by atoms with Crippen LogP contribution in [0.4, 0.5) is 0 Å². The summed E-state index contributed by atoms with van der Waals surface area (Å²) in [5, 5.41) is 0. The standard InChI is InChI=1S/C19H34/c1-5-18(3)13-11-17-16(14(18)2)10-9-15-8-6-7-12-19(15,17)4/h14-17H,5-13H2,1-4H3. The Bertz CT molecular complexity index is 333. The van der Waals surface area contributed by atoms with Gasteiger partial charge in [-0.15, -0.1) is 0 Å². The summed E-state index contributed by atoms with van der Waals surface area (Å²) in [6.45, 7) is 10.3. The predicted molar refractivity (Wildman–Crippen MR) is 83.1 cm³/mol. The summed E-state index contributed by atoms with van der Waals surface area (Å²) >= 11 is 0. The Balaban J connectivity index is 1.85. The van der Waals surface area contributed by atoms with E-state index in [1.54, 1.807) is 19.3 Å². The summed E-state index contributed by atoms with van der Waals surface area (Å²) in [7, 11) is 0. The van der Waals surface area contributed by atoms with Crippen molar-refractivity contribution in [2.24, 2.45) is 34.5 Å². The van der Waals surface area contributed by atoms with Crippen molar-refractivity contribution in [2.45, 2.75) is 85.5 Å². The second-order valence-electron chi connectivity index (χ2n) is 8.63. The van der Waals surface area contributed by atoms with Crippen LogP contribution in [0.25, 0.3) is 0 Å². The predicted octanol–water partition coefficient (Wildman–Crippen LogP) is 6.06. The molecule has 0 heteroatoms. The molecule has 0 heterocycles. The first-order chi connectivity index (χ1) is 9.01. The zero-order chi connectivity index (χ0) is 13.7. The molecule has 3 aliphatic carbocycles. The van der Waals surface area contributed by atoms with Gasteiger partial charge in [0.05, 0.1) is 0 Å². The van der Waals surface area contributed by atoms with Crippen LogP contribution < -0.4 is 0 Å². The highest BCUT2D eigenvalue weighted by Gasteiger charge is 2.54. The average molecular weight is 262 g/mol. The van der Waals surface area contributed by atoms with Crippen LogP contribution in [0.1, 0.15) is 85.5 Å². The molecule has 0 spiro atoms. The summed E-state index contributed by atoms with van der Waals surface area (Å²) in [5.74, 6) is 4.12. The van der Waals surface area contributed by atoms with E-state index in [0.717, 1.165) is 23.7 Å². The van der Waals surface area contributed by atoms with Crippen LogP contribution in [0, 0.1) is 34.5 Å². The monoisotopic (exact) mass is 262 g/mol. The van der Waals surface area contributed by atoms with E-state index in [2.05, 4.69) is 27.7 Å². The molecule has 0 aromatic heterocycles. The van der Waals surface area contributed by atoms with Crippen LogP contribution in [-0.4, -0.2) is 0 Å². The van der Waals surface area contributed by atoms with Crippen LogP contribution in [0.5, 0.6) is 0 Å². The first-order valence-electron chi connectivity index (χ1n) is 9.01. The van der Waals surface area contributed by atoms with Crippen molar-refractivity contribution < 1.29 is 0 Å². The lowest BCUT2D eigenvalue weighted by Crippen LogP contribution is -2.52. The normalized spacial score (nSPS) is 54.3. The van der Waals surface area contributed by atoms with Gasteiger partial charge in [-0.2, -0.15) is 0 Å². The van der Waals surface area contributed by atoms with Gasteiger partial charge in [0.1, 0.15) is 0 Å². The van der Waals surface area contributed by atoms with E-state index >= 15 is 0 Å². The third-order valence-corrected chi connectivity index (χ3v) is 8.24. The molecule has 6 unspecified atom stereocenters. The Labute approximate surface area is 120 Å². The zero-order valence-electron chi connectivity index (χ0n) is 13.7. The minimum atomic E-state index is 0.638. The van der Waals surface area contributed by atoms with E-state index in [0.29, 0.717) is 10.8 Å². The van der Waals surface area contributed by atoms with Crippen molar-refractivity contribution in [3.8, 4) is 0 Å². The molecule has 0 amide bonds. The van der Waals surface area contributed by atoms with E-state index in [1.807, 2.05) is 0 Å². The molecule has 0 bridgehead atoms. The molecule has 0 N–H and O–H groups in total. The van der Waals surface area contributed by atoms with Gasteiger partial charge >= 0.3 is 0 Å². The van der Waals surface area contributed by atoms with Crippen molar-refractivity contribution in [3.05, 3.63) is 0 Å². The fraction of sp³-hybridized carbons (Fsp3) is 1.00. The number of fused-ring (bicyclic) bond motifs is 3. The maximum absolute atomic E-state index is 2.68. The summed E-state index contributed by atoms with van der Waals surface area (Å²) in [6, 6.07) is 0. The smallest absolute Gasteiger partial charge is 0.0266 e.